The SMILES string of the molecule is C=CC(=O)N1CCN(c2nc(OC[C@@H]3CCCN3C)nc3c2C(C)N(Cc2ccccc2)C3)C[C@@H]1CC#N. The van der Waals surface area contributed by atoms with E-state index in [9.17, 15) is 10.1 Å². The van der Waals surface area contributed by atoms with Crippen LogP contribution in [0.3, 0.4) is 0 Å². The number of likely N-dealkylation sites (tertiary alicyclic amines) is 1. The maximum Gasteiger partial charge on any atom is 0.318 e. The summed E-state index contributed by atoms with van der Waals surface area (Å²) in [7, 11) is 2.14. The number of likely N-dealkylation sites (N-methyl/N-ethyl adjacent to an activating group) is 1. The molecule has 38 heavy (non-hydrogen) atoms. The molecule has 1 aromatic carbocycles. The second-order valence-corrected chi connectivity index (χ2v) is 10.5. The molecule has 0 radical (unpaired) electrons. The third-order valence-corrected chi connectivity index (χ3v) is 8.17. The van der Waals surface area contributed by atoms with Gasteiger partial charge < -0.3 is 19.4 Å². The summed E-state index contributed by atoms with van der Waals surface area (Å²) in [6.45, 7) is 10.7. The summed E-state index contributed by atoms with van der Waals surface area (Å²) in [5.41, 5.74) is 3.37. The highest BCUT2D eigenvalue weighted by Crippen LogP contribution is 2.40. The Kier molecular flexibility index (Phi) is 7.91. The van der Waals surface area contributed by atoms with Crippen molar-refractivity contribution in [1.29, 1.82) is 5.26 Å². The number of piperazine rings is 1. The van der Waals surface area contributed by atoms with Gasteiger partial charge in [-0.1, -0.05) is 36.9 Å². The van der Waals surface area contributed by atoms with Gasteiger partial charge in [0.25, 0.3) is 0 Å². The topological polar surface area (TPSA) is 88.8 Å². The molecule has 3 atom stereocenters. The number of hydrogen-bond donors (Lipinski definition) is 0. The van der Waals surface area contributed by atoms with Crippen LogP contribution in [0.15, 0.2) is 43.0 Å². The first kappa shape index (κ1) is 26.1. The van der Waals surface area contributed by atoms with Crippen LogP contribution in [0.25, 0.3) is 0 Å². The molecule has 200 valence electrons. The zero-order valence-electron chi connectivity index (χ0n) is 22.4. The Morgan fingerprint density at radius 3 is 2.74 bits per heavy atom. The molecule has 9 nitrogen and oxygen atoms in total. The largest absolute Gasteiger partial charge is 0.462 e. The molecule has 3 aliphatic heterocycles. The second-order valence-electron chi connectivity index (χ2n) is 10.5. The molecule has 1 aromatic heterocycles. The van der Waals surface area contributed by atoms with Gasteiger partial charge in [0.15, 0.2) is 0 Å². The maximum atomic E-state index is 12.5. The lowest BCUT2D eigenvalue weighted by Gasteiger charge is -2.41. The number of anilines is 1. The van der Waals surface area contributed by atoms with E-state index < -0.39 is 0 Å². The summed E-state index contributed by atoms with van der Waals surface area (Å²) < 4.78 is 6.22. The molecule has 2 aromatic rings. The van der Waals surface area contributed by atoms with E-state index in [2.05, 4.69) is 65.6 Å². The van der Waals surface area contributed by atoms with Crippen molar-refractivity contribution in [2.75, 3.05) is 44.7 Å². The van der Waals surface area contributed by atoms with Gasteiger partial charge in [-0.25, -0.2) is 0 Å². The van der Waals surface area contributed by atoms with Gasteiger partial charge in [-0.15, -0.1) is 0 Å². The first-order valence-electron chi connectivity index (χ1n) is 13.5. The van der Waals surface area contributed by atoms with E-state index in [-0.39, 0.29) is 24.4 Å². The second kappa shape index (κ2) is 11.5. The lowest BCUT2D eigenvalue weighted by Crippen LogP contribution is -2.55. The smallest absolute Gasteiger partial charge is 0.318 e. The standard InChI is InChI=1S/C29H37N7O2/c1-4-26(37)36-16-15-34(18-23(36)12-13-30)28-27-21(2)35(17-22-9-6-5-7-10-22)19-25(27)31-29(32-28)38-20-24-11-8-14-33(24)3/h4-7,9-10,21,23-24H,1,8,11-12,14-20H2,2-3H3/t21?,23-,24-/m0/s1. The van der Waals surface area contributed by atoms with Crippen molar-refractivity contribution in [2.45, 2.75) is 57.4 Å². The number of fused-ring (bicyclic) bond motifs is 1. The Hall–Kier alpha value is -3.48. The van der Waals surface area contributed by atoms with Crippen LogP contribution in [0.4, 0.5) is 5.82 Å². The van der Waals surface area contributed by atoms with Gasteiger partial charge in [-0.3, -0.25) is 9.69 Å². The molecule has 2 saturated heterocycles. The molecule has 9 heteroatoms. The van der Waals surface area contributed by atoms with Gasteiger partial charge in [0.1, 0.15) is 12.4 Å². The molecule has 1 amide bonds. The van der Waals surface area contributed by atoms with Crippen molar-refractivity contribution >= 4 is 11.7 Å². The number of ether oxygens (including phenoxy) is 1. The first-order valence-corrected chi connectivity index (χ1v) is 13.5. The summed E-state index contributed by atoms with van der Waals surface area (Å²) >= 11 is 0. The van der Waals surface area contributed by atoms with Crippen LogP contribution in [0.2, 0.25) is 0 Å². The summed E-state index contributed by atoms with van der Waals surface area (Å²) in [4.78, 5) is 31.1. The van der Waals surface area contributed by atoms with Gasteiger partial charge in [-0.05, 0) is 45.0 Å². The normalized spacial score (nSPS) is 23.8. The van der Waals surface area contributed by atoms with Gasteiger partial charge in [0.2, 0.25) is 5.91 Å². The lowest BCUT2D eigenvalue weighted by atomic mass is 10.1. The zero-order chi connectivity index (χ0) is 26.6. The summed E-state index contributed by atoms with van der Waals surface area (Å²) in [6, 6.07) is 13.4. The van der Waals surface area contributed by atoms with Gasteiger partial charge >= 0.3 is 6.01 Å². The van der Waals surface area contributed by atoms with Crippen LogP contribution in [0.1, 0.15) is 49.0 Å². The fraction of sp³-hybridized carbons (Fsp3) is 0.517. The highest BCUT2D eigenvalue weighted by molar-refractivity contribution is 5.87. The van der Waals surface area contributed by atoms with Crippen LogP contribution in [0, 0.1) is 11.3 Å². The number of rotatable bonds is 8. The minimum absolute atomic E-state index is 0.123. The molecular weight excluding hydrogens is 478 g/mol. The van der Waals surface area contributed by atoms with Gasteiger partial charge in [0, 0.05) is 50.4 Å². The average molecular weight is 516 g/mol. The number of nitriles is 1. The molecule has 5 rings (SSSR count). The summed E-state index contributed by atoms with van der Waals surface area (Å²) in [6.07, 6.45) is 3.89. The number of amides is 1. The van der Waals surface area contributed by atoms with Crippen LogP contribution in [-0.2, 0) is 17.9 Å². The number of benzene rings is 1. The molecule has 2 fully saturated rings. The highest BCUT2D eigenvalue weighted by atomic mass is 16.5. The van der Waals surface area contributed by atoms with E-state index in [1.54, 1.807) is 4.90 Å². The van der Waals surface area contributed by atoms with E-state index in [1.165, 1.54) is 18.1 Å². The Morgan fingerprint density at radius 1 is 1.21 bits per heavy atom. The fourth-order valence-electron chi connectivity index (χ4n) is 5.95. The quantitative estimate of drug-likeness (QED) is 0.496. The van der Waals surface area contributed by atoms with E-state index >= 15 is 0 Å². The number of nitrogens with zero attached hydrogens (tertiary/aromatic N) is 7. The van der Waals surface area contributed by atoms with Crippen molar-refractivity contribution in [2.24, 2.45) is 0 Å². The van der Waals surface area contributed by atoms with Crippen LogP contribution in [-0.4, -0.2) is 82.5 Å². The average Bonchev–Trinajstić information content (AvgIpc) is 3.49. The monoisotopic (exact) mass is 515 g/mol. The molecule has 4 heterocycles. The summed E-state index contributed by atoms with van der Waals surface area (Å²) in [5.74, 6) is 0.728. The van der Waals surface area contributed by atoms with Crippen molar-refractivity contribution in [1.82, 2.24) is 24.7 Å². The molecule has 0 aliphatic carbocycles. The highest BCUT2D eigenvalue weighted by Gasteiger charge is 2.37. The minimum atomic E-state index is -0.224. The molecule has 0 spiro atoms. The Bertz CT molecular complexity index is 1200. The molecular formula is C29H37N7O2. The Balaban J connectivity index is 1.44. The Labute approximate surface area is 225 Å². The van der Waals surface area contributed by atoms with Gasteiger partial charge in [0.05, 0.1) is 24.2 Å². The van der Waals surface area contributed by atoms with E-state index in [4.69, 9.17) is 14.7 Å². The van der Waals surface area contributed by atoms with Crippen molar-refractivity contribution in [3.8, 4) is 12.1 Å². The molecule has 0 N–H and O–H groups in total. The zero-order valence-corrected chi connectivity index (χ0v) is 22.4. The fourth-order valence-corrected chi connectivity index (χ4v) is 5.95. The third-order valence-electron chi connectivity index (χ3n) is 8.17. The summed E-state index contributed by atoms with van der Waals surface area (Å²) in [5, 5.41) is 9.47. The van der Waals surface area contributed by atoms with Gasteiger partial charge in [-0.2, -0.15) is 15.2 Å². The number of hydrogen-bond acceptors (Lipinski definition) is 8. The molecule has 0 bridgehead atoms. The molecule has 3 aliphatic rings. The predicted molar refractivity (Wildman–Crippen MR) is 145 cm³/mol. The van der Waals surface area contributed by atoms with Crippen molar-refractivity contribution < 1.29 is 9.53 Å². The number of carbonyl (C=O) groups excluding carboxylic acids is 1. The molecule has 1 unspecified atom stereocenters. The van der Waals surface area contributed by atoms with E-state index in [0.717, 1.165) is 43.1 Å². The van der Waals surface area contributed by atoms with Crippen LogP contribution < -0.4 is 9.64 Å². The first-order chi connectivity index (χ1) is 18.5. The van der Waals surface area contributed by atoms with Crippen molar-refractivity contribution in [3.05, 3.63) is 59.8 Å². The molecule has 0 saturated carbocycles. The Morgan fingerprint density at radius 2 is 2.03 bits per heavy atom. The van der Waals surface area contributed by atoms with Crippen LogP contribution >= 0.6 is 0 Å². The van der Waals surface area contributed by atoms with E-state index in [0.29, 0.717) is 38.3 Å². The third kappa shape index (κ3) is 5.38. The minimum Gasteiger partial charge on any atom is -0.462 e. The number of carbonyl (C=O) groups is 1. The number of aromatic nitrogens is 2. The van der Waals surface area contributed by atoms with Crippen LogP contribution in [0.5, 0.6) is 6.01 Å². The van der Waals surface area contributed by atoms with Crippen molar-refractivity contribution in [3.63, 3.8) is 0 Å². The van der Waals surface area contributed by atoms with E-state index in [1.807, 2.05) is 6.07 Å². The predicted octanol–water partition coefficient (Wildman–Crippen LogP) is 3.14. The lowest BCUT2D eigenvalue weighted by molar-refractivity contribution is -0.128. The maximum absolute atomic E-state index is 12.5.